The van der Waals surface area contributed by atoms with Gasteiger partial charge in [-0.25, -0.2) is 13.4 Å². The zero-order valence-electron chi connectivity index (χ0n) is 21.8. The van der Waals surface area contributed by atoms with Crippen molar-refractivity contribution in [3.05, 3.63) is 41.1 Å². The molecule has 1 aliphatic heterocycles. The van der Waals surface area contributed by atoms with E-state index in [1.807, 2.05) is 6.07 Å². The van der Waals surface area contributed by atoms with Crippen molar-refractivity contribution in [2.45, 2.75) is 81.8 Å². The quantitative estimate of drug-likeness (QED) is 0.374. The maximum atomic E-state index is 14.0. The molecular weight excluding hydrogens is 629 g/mol. The van der Waals surface area contributed by atoms with E-state index < -0.39 is 17.9 Å². The Balaban J connectivity index is 1.24. The fourth-order valence-electron chi connectivity index (χ4n) is 5.57. The average molecular weight is 658 g/mol. The molecule has 40 heavy (non-hydrogen) atoms. The first-order valence-electron chi connectivity index (χ1n) is 13.6. The Kier molecular flexibility index (Phi) is 7.51. The first-order chi connectivity index (χ1) is 19.3. The van der Waals surface area contributed by atoms with Crippen molar-refractivity contribution >= 4 is 39.4 Å². The van der Waals surface area contributed by atoms with Crippen LogP contribution in [0.4, 0.5) is 13.6 Å². The van der Waals surface area contributed by atoms with Crippen LogP contribution >= 0.6 is 0 Å². The molecule has 4 heterocycles. The van der Waals surface area contributed by atoms with E-state index in [-0.39, 0.29) is 55.3 Å². The Hall–Kier alpha value is -3.06. The van der Waals surface area contributed by atoms with E-state index in [0.29, 0.717) is 30.1 Å². The van der Waals surface area contributed by atoms with Crippen LogP contribution in [0.5, 0.6) is 0 Å². The second kappa shape index (κ2) is 11.1. The number of alkyl halides is 2. The number of carbonyl (C=O) groups is 2. The Labute approximate surface area is 241 Å². The third-order valence-electron chi connectivity index (χ3n) is 7.98. The number of imidazole rings is 1. The van der Waals surface area contributed by atoms with Crippen LogP contribution in [-0.2, 0) is 6.54 Å². The van der Waals surface area contributed by atoms with Gasteiger partial charge in [0.25, 0.3) is 5.91 Å². The van der Waals surface area contributed by atoms with Gasteiger partial charge >= 0.3 is 135 Å². The molecule has 3 aromatic heterocycles. The van der Waals surface area contributed by atoms with E-state index in [4.69, 9.17) is 9.61 Å². The summed E-state index contributed by atoms with van der Waals surface area (Å²) < 4.78 is 37.6. The normalized spacial score (nSPS) is 22.4. The number of rotatable bonds is 7. The number of amides is 3. The van der Waals surface area contributed by atoms with Crippen molar-refractivity contribution in [1.29, 1.82) is 0 Å². The first-order valence-corrected chi connectivity index (χ1v) is 15.1. The summed E-state index contributed by atoms with van der Waals surface area (Å²) >= 11 is 1.16. The summed E-state index contributed by atoms with van der Waals surface area (Å²) in [6.07, 6.45) is 7.00. The molecular formula is C26H29F2N8O3Sn. The number of hydrogen-bond donors (Lipinski definition) is 2. The predicted octanol–water partition coefficient (Wildman–Crippen LogP) is 3.09. The predicted molar refractivity (Wildman–Crippen MR) is 138 cm³/mol. The molecule has 1 radical (unpaired) electrons. The summed E-state index contributed by atoms with van der Waals surface area (Å²) in [6.45, 7) is 1.01. The zero-order chi connectivity index (χ0) is 27.9. The molecule has 3 aromatic rings. The minimum Gasteiger partial charge on any atom is -0.243 e. The minimum atomic E-state index is -2.70. The third kappa shape index (κ3) is 5.85. The van der Waals surface area contributed by atoms with Crippen molar-refractivity contribution in [2.75, 3.05) is 6.54 Å². The molecule has 1 saturated heterocycles. The number of urea groups is 1. The van der Waals surface area contributed by atoms with Crippen molar-refractivity contribution < 1.29 is 23.0 Å². The van der Waals surface area contributed by atoms with E-state index >= 15 is 0 Å². The molecule has 2 saturated carbocycles. The molecule has 2 atom stereocenters. The number of hydrogen-bond acceptors (Lipinski definition) is 7. The van der Waals surface area contributed by atoms with Crippen LogP contribution in [0.2, 0.25) is 0 Å². The van der Waals surface area contributed by atoms with Gasteiger partial charge in [-0.15, -0.1) is 0 Å². The summed E-state index contributed by atoms with van der Waals surface area (Å²) in [5.74, 6) is -3.23. The van der Waals surface area contributed by atoms with Crippen molar-refractivity contribution in [1.82, 2.24) is 40.4 Å². The van der Waals surface area contributed by atoms with Gasteiger partial charge in [0.05, 0.1) is 0 Å². The van der Waals surface area contributed by atoms with Gasteiger partial charge in [-0.1, -0.05) is 5.16 Å². The van der Waals surface area contributed by atoms with Gasteiger partial charge in [-0.3, -0.25) is 4.79 Å². The van der Waals surface area contributed by atoms with Crippen LogP contribution in [0, 0.1) is 9.74 Å². The maximum absolute atomic E-state index is 14.0. The van der Waals surface area contributed by atoms with Crippen LogP contribution in [0.3, 0.4) is 0 Å². The third-order valence-corrected chi connectivity index (χ3v) is 8.97. The molecule has 0 aromatic carbocycles. The van der Waals surface area contributed by atoms with Crippen molar-refractivity contribution in [3.8, 4) is 3.82 Å². The fourth-order valence-corrected chi connectivity index (χ4v) is 6.18. The molecule has 14 heteroatoms. The number of halogens is 2. The van der Waals surface area contributed by atoms with E-state index in [1.165, 1.54) is 0 Å². The van der Waals surface area contributed by atoms with Gasteiger partial charge in [0, 0.05) is 18.8 Å². The summed E-state index contributed by atoms with van der Waals surface area (Å²) in [5, 5.41) is 18.2. The smallest absolute Gasteiger partial charge is 0.243 e. The van der Waals surface area contributed by atoms with Gasteiger partial charge in [0.2, 0.25) is 5.92 Å². The second-order valence-electron chi connectivity index (χ2n) is 11.0. The summed E-state index contributed by atoms with van der Waals surface area (Å²) in [4.78, 5) is 32.5. The first kappa shape index (κ1) is 27.1. The minimum absolute atomic E-state index is 0.0218. The zero-order valence-corrected chi connectivity index (χ0v) is 24.6. The Morgan fingerprint density at radius 1 is 1.25 bits per heavy atom. The monoisotopic (exact) mass is 659 g/mol. The molecule has 3 aliphatic rings. The van der Waals surface area contributed by atoms with Crippen LogP contribution in [0.15, 0.2) is 23.1 Å². The van der Waals surface area contributed by atoms with Crippen LogP contribution < -0.4 is 10.6 Å². The average Bonchev–Trinajstić information content (AvgIpc) is 3.55. The van der Waals surface area contributed by atoms with Gasteiger partial charge in [-0.2, -0.15) is 0 Å². The molecule has 0 bridgehead atoms. The van der Waals surface area contributed by atoms with Crippen LogP contribution in [-0.4, -0.2) is 82.1 Å². The number of nitrogens with zero attached hydrogens (tertiary/aromatic N) is 6. The Morgan fingerprint density at radius 3 is 2.80 bits per heavy atom. The van der Waals surface area contributed by atoms with E-state index in [0.717, 1.165) is 53.1 Å². The molecule has 0 spiro atoms. The maximum Gasteiger partial charge on any atom is 0.248 e. The van der Waals surface area contributed by atoms with Gasteiger partial charge in [-0.05, 0) is 36.8 Å². The second-order valence-corrected chi connectivity index (χ2v) is 11.8. The molecule has 3 fully saturated rings. The topological polar surface area (TPSA) is 131 Å². The molecule has 11 nitrogen and oxygen atoms in total. The van der Waals surface area contributed by atoms with Crippen molar-refractivity contribution in [2.24, 2.45) is 5.92 Å². The molecule has 2 N–H and O–H groups in total. The summed E-state index contributed by atoms with van der Waals surface area (Å²) in [6, 6.07) is 1.09. The molecule has 3 amide bonds. The SMILES string of the molecule is O=C(NC(c1cn2ncc(CN3CCC[C@H]([C]#[Sn])NC3=O)cc2n1)C1CCC(F)(F)CC1)c1nonc1C1CC1. The molecule has 2 aliphatic carbocycles. The number of fused-ring (bicyclic) bond motifs is 1. The van der Waals surface area contributed by atoms with Gasteiger partial charge in [0.15, 0.2) is 5.69 Å². The summed E-state index contributed by atoms with van der Waals surface area (Å²) in [7, 11) is 0. The fraction of sp³-hybridized carbons (Fsp3) is 0.577. The van der Waals surface area contributed by atoms with E-state index in [1.54, 1.807) is 21.8 Å². The molecule has 1 unspecified atom stereocenters. The standard InChI is InChI=1S/C26H29F2N8O3.Sn/c1-15-3-2-10-35(25(38)30-15)13-16-11-20-31-19(14-36(20)29-12-16)21(18-6-8-26(27,28)9-7-18)32-24(37)23-22(17-4-5-17)33-39-34-23;/h11-12,14-15,17-18,21H,2-10,13H2,(H,30,38)(H,32,37);/t15-,21?;/m0./s1. The molecule has 6 rings (SSSR count). The number of carbonyl (C=O) groups excluding carboxylic acids is 2. The molecule has 209 valence electrons. The Morgan fingerprint density at radius 2 is 2.05 bits per heavy atom. The summed E-state index contributed by atoms with van der Waals surface area (Å²) in [5.41, 5.74) is 2.56. The van der Waals surface area contributed by atoms with Crippen molar-refractivity contribution in [3.63, 3.8) is 0 Å². The largest absolute Gasteiger partial charge is 0.248 e. The Bertz CT molecular complexity index is 1460. The van der Waals surface area contributed by atoms with E-state index in [2.05, 4.69) is 29.9 Å². The van der Waals surface area contributed by atoms with Gasteiger partial charge < -0.3 is 5.32 Å². The number of nitrogens with one attached hydrogen (secondary N) is 2. The van der Waals surface area contributed by atoms with Crippen LogP contribution in [0.25, 0.3) is 5.65 Å². The van der Waals surface area contributed by atoms with Crippen LogP contribution in [0.1, 0.15) is 90.8 Å². The van der Waals surface area contributed by atoms with E-state index in [9.17, 15) is 18.4 Å². The van der Waals surface area contributed by atoms with Gasteiger partial charge in [0.1, 0.15) is 5.69 Å². The number of aromatic nitrogens is 5.